The third kappa shape index (κ3) is 2.97. The lowest BCUT2D eigenvalue weighted by atomic mass is 9.71. The highest BCUT2D eigenvalue weighted by Gasteiger charge is 2.43. The van der Waals surface area contributed by atoms with E-state index in [1.807, 2.05) is 0 Å². The van der Waals surface area contributed by atoms with Crippen LogP contribution >= 0.6 is 0 Å². The Kier molecular flexibility index (Phi) is 4.69. The lowest BCUT2D eigenvalue weighted by Crippen LogP contribution is -2.25. The lowest BCUT2D eigenvalue weighted by Gasteiger charge is -2.31. The van der Waals surface area contributed by atoms with Crippen LogP contribution in [0, 0.1) is 0 Å². The van der Waals surface area contributed by atoms with Crippen LogP contribution in [0.1, 0.15) is 47.2 Å². The highest BCUT2D eigenvalue weighted by Crippen LogP contribution is 2.55. The first-order valence-corrected chi connectivity index (χ1v) is 14.9. The van der Waals surface area contributed by atoms with E-state index < -0.39 is 0 Å². The van der Waals surface area contributed by atoms with E-state index in [-0.39, 0.29) is 10.8 Å². The molecule has 2 aliphatic carbocycles. The van der Waals surface area contributed by atoms with E-state index in [4.69, 9.17) is 0 Å². The molecule has 0 heterocycles. The van der Waals surface area contributed by atoms with Crippen LogP contribution in [0.5, 0.6) is 0 Å². The molecule has 7 aromatic carbocycles. The van der Waals surface area contributed by atoms with Gasteiger partial charge in [0.1, 0.15) is 0 Å². The largest absolute Gasteiger partial charge is 0.0619 e. The average Bonchev–Trinajstić information content (AvgIpc) is 3.45. The zero-order chi connectivity index (χ0) is 28.1. The van der Waals surface area contributed by atoms with Crippen molar-refractivity contribution in [2.75, 3.05) is 0 Å². The predicted molar refractivity (Wildman–Crippen MR) is 176 cm³/mol. The minimum Gasteiger partial charge on any atom is -0.0619 e. The highest BCUT2D eigenvalue weighted by atomic mass is 14.5. The molecule has 42 heavy (non-hydrogen) atoms. The number of fused-ring (bicyclic) bond motifs is 8. The maximum Gasteiger partial charge on any atom is 0.0435 e. The van der Waals surface area contributed by atoms with E-state index in [1.165, 1.54) is 77.2 Å². The van der Waals surface area contributed by atoms with Crippen molar-refractivity contribution in [2.24, 2.45) is 0 Å². The molecule has 0 aliphatic heterocycles. The third-order valence-electron chi connectivity index (χ3n) is 10.4. The van der Waals surface area contributed by atoms with E-state index in [1.54, 1.807) is 0 Å². The zero-order valence-corrected chi connectivity index (χ0v) is 23.9. The molecule has 2 aliphatic rings. The summed E-state index contributed by atoms with van der Waals surface area (Å²) in [7, 11) is 0. The molecule has 2 unspecified atom stereocenters. The normalized spacial score (nSPS) is 19.9. The second kappa shape index (κ2) is 8.30. The lowest BCUT2D eigenvalue weighted by molar-refractivity contribution is 0.698. The number of benzene rings is 7. The summed E-state index contributed by atoms with van der Waals surface area (Å²) in [6, 6.07) is 54.6. The van der Waals surface area contributed by atoms with Crippen molar-refractivity contribution in [1.82, 2.24) is 0 Å². The molecular weight excluding hydrogens is 504 g/mol. The molecule has 0 bridgehead atoms. The van der Waals surface area contributed by atoms with Gasteiger partial charge in [-0.3, -0.25) is 0 Å². The predicted octanol–water partition coefficient (Wildman–Crippen LogP) is 10.7. The van der Waals surface area contributed by atoms with Crippen molar-refractivity contribution in [3.8, 4) is 22.3 Å². The Morgan fingerprint density at radius 3 is 1.05 bits per heavy atom. The van der Waals surface area contributed by atoms with Crippen LogP contribution in [0.15, 0.2) is 146 Å². The van der Waals surface area contributed by atoms with Crippen LogP contribution in [0.3, 0.4) is 0 Å². The van der Waals surface area contributed by atoms with E-state index >= 15 is 0 Å². The quantitative estimate of drug-likeness (QED) is 0.207. The van der Waals surface area contributed by atoms with Crippen molar-refractivity contribution in [2.45, 2.75) is 24.7 Å². The SMILES string of the molecule is CC1(c2ccc(C3(C)c4ccccc4-c4cc5ccccc5cc43)cc2)c2ccccc2-c2cc3ccccc3cc21. The molecule has 7 aromatic rings. The van der Waals surface area contributed by atoms with Crippen LogP contribution in [-0.2, 0) is 10.8 Å². The van der Waals surface area contributed by atoms with E-state index in [2.05, 4.69) is 159 Å². The Hall–Kier alpha value is -4.94. The van der Waals surface area contributed by atoms with Gasteiger partial charge in [-0.1, -0.05) is 121 Å². The van der Waals surface area contributed by atoms with Crippen LogP contribution < -0.4 is 0 Å². The molecule has 0 amide bonds. The highest BCUT2D eigenvalue weighted by molar-refractivity contribution is 5.96. The van der Waals surface area contributed by atoms with Gasteiger partial charge >= 0.3 is 0 Å². The van der Waals surface area contributed by atoms with Crippen LogP contribution in [-0.4, -0.2) is 0 Å². The molecule has 0 nitrogen and oxygen atoms in total. The molecular formula is C42H30. The van der Waals surface area contributed by atoms with E-state index in [0.29, 0.717) is 0 Å². The molecule has 0 saturated heterocycles. The summed E-state index contributed by atoms with van der Waals surface area (Å²) in [6.45, 7) is 4.82. The van der Waals surface area contributed by atoms with Crippen molar-refractivity contribution >= 4 is 21.5 Å². The van der Waals surface area contributed by atoms with Crippen molar-refractivity contribution in [1.29, 1.82) is 0 Å². The molecule has 0 aromatic heterocycles. The Bertz CT molecular complexity index is 2060. The fraction of sp³-hybridized carbons (Fsp3) is 0.0952. The summed E-state index contributed by atoms with van der Waals surface area (Å²) in [5.74, 6) is 0. The molecule has 0 spiro atoms. The number of hydrogen-bond donors (Lipinski definition) is 0. The van der Waals surface area contributed by atoms with Crippen LogP contribution in [0.4, 0.5) is 0 Å². The van der Waals surface area contributed by atoms with Crippen LogP contribution in [0.25, 0.3) is 43.8 Å². The second-order valence-electron chi connectivity index (χ2n) is 12.4. The molecule has 0 N–H and O–H groups in total. The fourth-order valence-electron chi connectivity index (χ4n) is 8.11. The van der Waals surface area contributed by atoms with Gasteiger partial charge in [-0.25, -0.2) is 0 Å². The van der Waals surface area contributed by atoms with Gasteiger partial charge in [-0.15, -0.1) is 0 Å². The minimum atomic E-state index is -0.225. The standard InChI is InChI=1S/C42H30/c1-41(37-17-9-7-15-33(37)35-23-27-11-3-5-13-29(27)25-39(35)41)31-19-21-32(22-20-31)42(2)38-18-10-8-16-34(38)36-24-28-12-4-6-14-30(28)26-40(36)42/h3-26H,1-2H3. The third-order valence-corrected chi connectivity index (χ3v) is 10.4. The molecule has 0 fully saturated rings. The monoisotopic (exact) mass is 534 g/mol. The van der Waals surface area contributed by atoms with Gasteiger partial charge in [-0.2, -0.15) is 0 Å². The fourth-order valence-corrected chi connectivity index (χ4v) is 8.11. The van der Waals surface area contributed by atoms with Gasteiger partial charge in [-0.05, 0) is 115 Å². The van der Waals surface area contributed by atoms with Gasteiger partial charge in [0.15, 0.2) is 0 Å². The molecule has 198 valence electrons. The van der Waals surface area contributed by atoms with Gasteiger partial charge in [0, 0.05) is 10.8 Å². The van der Waals surface area contributed by atoms with Crippen molar-refractivity contribution in [3.05, 3.63) is 179 Å². The minimum absolute atomic E-state index is 0.225. The zero-order valence-electron chi connectivity index (χ0n) is 23.9. The first-order valence-electron chi connectivity index (χ1n) is 14.9. The first-order chi connectivity index (χ1) is 20.6. The topological polar surface area (TPSA) is 0 Å². The Morgan fingerprint density at radius 2 is 0.643 bits per heavy atom. The maximum absolute atomic E-state index is 2.43. The average molecular weight is 535 g/mol. The Morgan fingerprint density at radius 1 is 0.310 bits per heavy atom. The summed E-state index contributed by atoms with van der Waals surface area (Å²) in [5.41, 5.74) is 13.2. The molecule has 2 atom stereocenters. The van der Waals surface area contributed by atoms with E-state index in [0.717, 1.165) is 0 Å². The summed E-state index contributed by atoms with van der Waals surface area (Å²) in [4.78, 5) is 0. The Balaban J connectivity index is 1.24. The molecule has 0 saturated carbocycles. The number of rotatable bonds is 2. The van der Waals surface area contributed by atoms with Gasteiger partial charge in [0.05, 0.1) is 0 Å². The summed E-state index contributed by atoms with van der Waals surface area (Å²) < 4.78 is 0. The van der Waals surface area contributed by atoms with Gasteiger partial charge in [0.2, 0.25) is 0 Å². The van der Waals surface area contributed by atoms with E-state index in [9.17, 15) is 0 Å². The van der Waals surface area contributed by atoms with Gasteiger partial charge < -0.3 is 0 Å². The van der Waals surface area contributed by atoms with Crippen LogP contribution in [0.2, 0.25) is 0 Å². The molecule has 0 radical (unpaired) electrons. The summed E-state index contributed by atoms with van der Waals surface area (Å²) in [5, 5.41) is 5.19. The smallest absolute Gasteiger partial charge is 0.0435 e. The Labute approximate surface area is 246 Å². The number of hydrogen-bond acceptors (Lipinski definition) is 0. The first kappa shape index (κ1) is 23.7. The van der Waals surface area contributed by atoms with Crippen molar-refractivity contribution < 1.29 is 0 Å². The molecule has 9 rings (SSSR count). The maximum atomic E-state index is 2.43. The summed E-state index contributed by atoms with van der Waals surface area (Å²) in [6.07, 6.45) is 0. The summed E-state index contributed by atoms with van der Waals surface area (Å²) >= 11 is 0. The second-order valence-corrected chi connectivity index (χ2v) is 12.4. The molecule has 0 heteroatoms. The van der Waals surface area contributed by atoms with Crippen molar-refractivity contribution in [3.63, 3.8) is 0 Å². The van der Waals surface area contributed by atoms with Gasteiger partial charge in [0.25, 0.3) is 0 Å².